The predicted molar refractivity (Wildman–Crippen MR) is 71.1 cm³/mol. The molecular formula is C13H19FN2OS. The van der Waals surface area contributed by atoms with Crippen LogP contribution in [0.3, 0.4) is 0 Å². The molecule has 100 valence electrons. The smallest absolute Gasteiger partial charge is 0.297 e. The third-order valence-corrected chi connectivity index (χ3v) is 5.88. The molecule has 1 aliphatic heterocycles. The number of nitrogens with one attached hydrogen (secondary N) is 1. The van der Waals surface area contributed by atoms with Crippen LogP contribution in [-0.4, -0.2) is 22.1 Å². The second-order valence-corrected chi connectivity index (χ2v) is 7.23. The van der Waals surface area contributed by atoms with Gasteiger partial charge >= 0.3 is 0 Å². The molecule has 0 saturated heterocycles. The number of amides is 1. The number of carbonyl (C=O) groups excluding carboxylic acids is 1. The van der Waals surface area contributed by atoms with E-state index in [9.17, 15) is 9.18 Å². The number of rotatable bonds is 2. The van der Waals surface area contributed by atoms with E-state index in [4.69, 9.17) is 0 Å². The molecule has 3 rings (SSSR count). The van der Waals surface area contributed by atoms with Gasteiger partial charge in [0.25, 0.3) is 5.91 Å². The summed E-state index contributed by atoms with van der Waals surface area (Å²) in [5, 5.41) is 1.93. The number of fused-ring (bicyclic) bond motifs is 2. The van der Waals surface area contributed by atoms with Crippen molar-refractivity contribution in [1.29, 1.82) is 0 Å². The average Bonchev–Trinajstić information content (AvgIpc) is 2.95. The highest BCUT2D eigenvalue weighted by atomic mass is 32.2. The molecule has 1 N–H and O–H groups in total. The lowest BCUT2D eigenvalue weighted by molar-refractivity contribution is -0.125. The van der Waals surface area contributed by atoms with E-state index >= 15 is 0 Å². The summed E-state index contributed by atoms with van der Waals surface area (Å²) in [4.78, 5) is 15.5. The molecule has 3 nitrogen and oxygen atoms in total. The monoisotopic (exact) mass is 270 g/mol. The van der Waals surface area contributed by atoms with Gasteiger partial charge in [0.1, 0.15) is 0 Å². The summed E-state index contributed by atoms with van der Waals surface area (Å²) in [6.45, 7) is 3.45. The van der Waals surface area contributed by atoms with Gasteiger partial charge < -0.3 is 5.32 Å². The maximum atomic E-state index is 14.4. The zero-order chi connectivity index (χ0) is 12.9. The van der Waals surface area contributed by atoms with Gasteiger partial charge in [0, 0.05) is 12.0 Å². The van der Waals surface area contributed by atoms with Gasteiger partial charge in [0.15, 0.2) is 5.17 Å². The molecule has 1 unspecified atom stereocenters. The maximum Gasteiger partial charge on any atom is 0.297 e. The molecule has 1 heterocycles. The first-order valence-electron chi connectivity index (χ1n) is 6.76. The summed E-state index contributed by atoms with van der Waals surface area (Å²) in [5.41, 5.74) is 0. The largest absolute Gasteiger partial charge is 0.361 e. The van der Waals surface area contributed by atoms with Crippen LogP contribution in [0, 0.1) is 17.8 Å². The van der Waals surface area contributed by atoms with E-state index in [0.29, 0.717) is 17.1 Å². The number of hydrogen-bond donors (Lipinski definition) is 1. The number of aliphatic imine (C=N–C) groups is 1. The van der Waals surface area contributed by atoms with Crippen LogP contribution in [0.25, 0.3) is 0 Å². The second kappa shape index (κ2) is 4.22. The van der Waals surface area contributed by atoms with Crippen LogP contribution >= 0.6 is 11.8 Å². The van der Waals surface area contributed by atoms with Crippen LogP contribution in [0.2, 0.25) is 0 Å². The van der Waals surface area contributed by atoms with E-state index in [1.807, 2.05) is 0 Å². The number of hydrogen-bond acceptors (Lipinski definition) is 3. The number of amidine groups is 1. The van der Waals surface area contributed by atoms with Gasteiger partial charge in [-0.25, -0.2) is 4.39 Å². The number of carbonyl (C=O) groups is 1. The van der Waals surface area contributed by atoms with Crippen molar-refractivity contribution in [3.05, 3.63) is 0 Å². The molecule has 5 heteroatoms. The summed E-state index contributed by atoms with van der Waals surface area (Å²) >= 11 is 0.966. The highest BCUT2D eigenvalue weighted by molar-refractivity contribution is 8.16. The van der Waals surface area contributed by atoms with Gasteiger partial charge in [-0.2, -0.15) is 4.99 Å². The molecule has 0 spiro atoms. The summed E-state index contributed by atoms with van der Waals surface area (Å²) in [6.07, 6.45) is 5.04. The topological polar surface area (TPSA) is 41.5 Å². The Kier molecular flexibility index (Phi) is 2.92. The Morgan fingerprint density at radius 1 is 1.44 bits per heavy atom. The van der Waals surface area contributed by atoms with Crippen molar-refractivity contribution in [2.75, 3.05) is 0 Å². The van der Waals surface area contributed by atoms with Crippen molar-refractivity contribution < 1.29 is 9.18 Å². The molecule has 2 aliphatic carbocycles. The first kappa shape index (κ1) is 12.5. The SMILES string of the molecule is CC(C)C1(F)SC(N[C@H]2C[C@H]3CC[C@H]2C3)=NC1=O. The molecule has 18 heavy (non-hydrogen) atoms. The van der Waals surface area contributed by atoms with Crippen molar-refractivity contribution in [1.82, 2.24) is 5.32 Å². The molecule has 2 saturated carbocycles. The van der Waals surface area contributed by atoms with Crippen molar-refractivity contribution >= 4 is 22.8 Å². The van der Waals surface area contributed by atoms with Crippen LogP contribution in [0.4, 0.5) is 4.39 Å². The Labute approximate surface area is 111 Å². The Hall–Kier alpha value is -0.580. The predicted octanol–water partition coefficient (Wildman–Crippen LogP) is 2.72. The number of halogens is 1. The van der Waals surface area contributed by atoms with Gasteiger partial charge in [0.05, 0.1) is 0 Å². The minimum atomic E-state index is -1.86. The van der Waals surface area contributed by atoms with Gasteiger partial charge in [-0.3, -0.25) is 4.79 Å². The molecule has 2 fully saturated rings. The zero-order valence-electron chi connectivity index (χ0n) is 10.8. The van der Waals surface area contributed by atoms with Gasteiger partial charge in [-0.15, -0.1) is 0 Å². The third-order valence-electron chi connectivity index (χ3n) is 4.53. The summed E-state index contributed by atoms with van der Waals surface area (Å²) < 4.78 is 14.4. The number of nitrogens with zero attached hydrogens (tertiary/aromatic N) is 1. The quantitative estimate of drug-likeness (QED) is 0.839. The van der Waals surface area contributed by atoms with Crippen molar-refractivity contribution in [2.45, 2.75) is 50.6 Å². The minimum absolute atomic E-state index is 0.349. The van der Waals surface area contributed by atoms with Crippen LogP contribution in [0.5, 0.6) is 0 Å². The Balaban J connectivity index is 1.65. The number of alkyl halides is 1. The fourth-order valence-corrected chi connectivity index (χ4v) is 4.37. The van der Waals surface area contributed by atoms with Crippen LogP contribution in [0.15, 0.2) is 4.99 Å². The fraction of sp³-hybridized carbons (Fsp3) is 0.846. The molecule has 4 atom stereocenters. The summed E-state index contributed by atoms with van der Waals surface area (Å²) in [7, 11) is 0. The molecular weight excluding hydrogens is 251 g/mol. The van der Waals surface area contributed by atoms with Crippen LogP contribution in [0.1, 0.15) is 39.5 Å². The van der Waals surface area contributed by atoms with E-state index in [-0.39, 0.29) is 5.92 Å². The van der Waals surface area contributed by atoms with Gasteiger partial charge in [0.2, 0.25) is 5.00 Å². The maximum absolute atomic E-state index is 14.4. The lowest BCUT2D eigenvalue weighted by atomic mass is 9.96. The Morgan fingerprint density at radius 2 is 2.22 bits per heavy atom. The molecule has 2 bridgehead atoms. The standard InChI is InChI=1S/C13H19FN2OS/c1-7(2)13(14)11(17)16-12(18-13)15-10-6-8-3-4-9(10)5-8/h7-10H,3-6H2,1-2H3,(H,15,16,17)/t8-,9-,10-,13?/m0/s1. The molecule has 1 amide bonds. The summed E-state index contributed by atoms with van der Waals surface area (Å²) in [6, 6.07) is 0.400. The van der Waals surface area contributed by atoms with Gasteiger partial charge in [-0.05, 0) is 42.9 Å². The average molecular weight is 270 g/mol. The number of thioether (sulfide) groups is 1. The Bertz CT molecular complexity index is 412. The molecule has 0 aromatic heterocycles. The van der Waals surface area contributed by atoms with Crippen LogP contribution < -0.4 is 5.32 Å². The molecule has 0 radical (unpaired) electrons. The molecule has 0 aromatic rings. The van der Waals surface area contributed by atoms with E-state index in [0.717, 1.165) is 24.1 Å². The minimum Gasteiger partial charge on any atom is -0.361 e. The first-order chi connectivity index (χ1) is 8.49. The van der Waals surface area contributed by atoms with E-state index in [1.165, 1.54) is 19.3 Å². The highest BCUT2D eigenvalue weighted by Crippen LogP contribution is 2.46. The fourth-order valence-electron chi connectivity index (χ4n) is 3.38. The first-order valence-corrected chi connectivity index (χ1v) is 7.58. The van der Waals surface area contributed by atoms with Crippen LogP contribution in [-0.2, 0) is 4.79 Å². The van der Waals surface area contributed by atoms with E-state index in [1.54, 1.807) is 13.8 Å². The normalized spacial score (nSPS) is 42.8. The van der Waals surface area contributed by atoms with E-state index in [2.05, 4.69) is 10.3 Å². The van der Waals surface area contributed by atoms with E-state index < -0.39 is 10.9 Å². The lowest BCUT2D eigenvalue weighted by Gasteiger charge is -2.24. The third kappa shape index (κ3) is 1.87. The van der Waals surface area contributed by atoms with Crippen molar-refractivity contribution in [2.24, 2.45) is 22.7 Å². The van der Waals surface area contributed by atoms with Crippen molar-refractivity contribution in [3.63, 3.8) is 0 Å². The lowest BCUT2D eigenvalue weighted by Crippen LogP contribution is -2.37. The van der Waals surface area contributed by atoms with Crippen molar-refractivity contribution in [3.8, 4) is 0 Å². The zero-order valence-corrected chi connectivity index (χ0v) is 11.6. The summed E-state index contributed by atoms with van der Waals surface area (Å²) in [5.74, 6) is 0.545. The molecule has 3 aliphatic rings. The molecule has 0 aromatic carbocycles. The second-order valence-electron chi connectivity index (χ2n) is 6.05. The van der Waals surface area contributed by atoms with Gasteiger partial charge in [-0.1, -0.05) is 20.3 Å². The highest BCUT2D eigenvalue weighted by Gasteiger charge is 2.50. The Morgan fingerprint density at radius 3 is 2.72 bits per heavy atom.